The Kier molecular flexibility index (Phi) is 4.13. The van der Waals surface area contributed by atoms with Crippen LogP contribution in [0.2, 0.25) is 0 Å². The number of carboxylic acids is 1. The topological polar surface area (TPSA) is 105 Å². The molecule has 7 heteroatoms. The molecule has 1 amide bonds. The van der Waals surface area contributed by atoms with Crippen LogP contribution < -0.4 is 5.43 Å². The van der Waals surface area contributed by atoms with E-state index < -0.39 is 11.9 Å². The summed E-state index contributed by atoms with van der Waals surface area (Å²) in [6, 6.07) is 6.33. The fourth-order valence-electron chi connectivity index (χ4n) is 1.44. The predicted molar refractivity (Wildman–Crippen MR) is 70.5 cm³/mol. The second-order valence-corrected chi connectivity index (χ2v) is 3.68. The molecule has 1 aromatic carbocycles. The van der Waals surface area contributed by atoms with E-state index >= 15 is 0 Å². The zero-order valence-corrected chi connectivity index (χ0v) is 10.2. The highest BCUT2D eigenvalue weighted by Gasteiger charge is 2.07. The van der Waals surface area contributed by atoms with Crippen molar-refractivity contribution in [3.8, 4) is 0 Å². The van der Waals surface area contributed by atoms with Gasteiger partial charge < -0.3 is 5.11 Å². The highest BCUT2D eigenvalue weighted by Crippen LogP contribution is 2.05. The van der Waals surface area contributed by atoms with Crippen molar-refractivity contribution in [2.45, 2.75) is 0 Å². The van der Waals surface area contributed by atoms with E-state index in [4.69, 9.17) is 5.11 Å². The molecule has 0 atom stereocenters. The van der Waals surface area contributed by atoms with Crippen molar-refractivity contribution < 1.29 is 14.7 Å². The molecule has 0 radical (unpaired) electrons. The van der Waals surface area contributed by atoms with Crippen LogP contribution in [0.1, 0.15) is 26.4 Å². The summed E-state index contributed by atoms with van der Waals surface area (Å²) in [6.45, 7) is 0. The lowest BCUT2D eigenvalue weighted by molar-refractivity contribution is 0.0696. The maximum Gasteiger partial charge on any atom is 0.336 e. The Balaban J connectivity index is 2.08. The number of carboxylic acid groups (broad SMARTS) is 1. The summed E-state index contributed by atoms with van der Waals surface area (Å²) < 4.78 is 0. The van der Waals surface area contributed by atoms with Crippen molar-refractivity contribution in [2.75, 3.05) is 0 Å². The third kappa shape index (κ3) is 3.22. The summed E-state index contributed by atoms with van der Waals surface area (Å²) in [5.74, 6) is -1.59. The third-order valence-corrected chi connectivity index (χ3v) is 2.36. The van der Waals surface area contributed by atoms with Gasteiger partial charge in [-0.05, 0) is 6.07 Å². The monoisotopic (exact) mass is 270 g/mol. The fourth-order valence-corrected chi connectivity index (χ4v) is 1.44. The van der Waals surface area contributed by atoms with Gasteiger partial charge >= 0.3 is 5.97 Å². The number of hydrogen-bond acceptors (Lipinski definition) is 5. The molecule has 0 fully saturated rings. The molecule has 20 heavy (non-hydrogen) atoms. The van der Waals surface area contributed by atoms with Crippen LogP contribution in [-0.2, 0) is 0 Å². The average molecular weight is 270 g/mol. The van der Waals surface area contributed by atoms with Gasteiger partial charge in [-0.25, -0.2) is 15.2 Å². The maximum absolute atomic E-state index is 11.6. The van der Waals surface area contributed by atoms with Crippen molar-refractivity contribution in [1.82, 2.24) is 15.4 Å². The van der Waals surface area contributed by atoms with Crippen molar-refractivity contribution in [3.63, 3.8) is 0 Å². The van der Waals surface area contributed by atoms with E-state index in [0.717, 1.165) is 0 Å². The first-order chi connectivity index (χ1) is 9.68. The molecule has 0 spiro atoms. The van der Waals surface area contributed by atoms with Crippen LogP contribution in [-0.4, -0.2) is 33.2 Å². The van der Waals surface area contributed by atoms with E-state index in [9.17, 15) is 9.59 Å². The Morgan fingerprint density at radius 3 is 2.75 bits per heavy atom. The minimum absolute atomic E-state index is 0.102. The maximum atomic E-state index is 11.6. The fraction of sp³-hybridized carbons (Fsp3) is 0. The lowest BCUT2D eigenvalue weighted by atomic mass is 10.1. The van der Waals surface area contributed by atoms with Crippen LogP contribution in [0.4, 0.5) is 0 Å². The number of benzene rings is 1. The molecule has 0 aliphatic carbocycles. The van der Waals surface area contributed by atoms with Gasteiger partial charge in [0.2, 0.25) is 0 Å². The molecule has 2 aromatic rings. The smallest absolute Gasteiger partial charge is 0.336 e. The number of hydrogen-bond donors (Lipinski definition) is 2. The van der Waals surface area contributed by atoms with Gasteiger partial charge in [0.15, 0.2) is 0 Å². The molecule has 2 rings (SSSR count). The lowest BCUT2D eigenvalue weighted by Gasteiger charge is -2.00. The van der Waals surface area contributed by atoms with E-state index in [1.807, 2.05) is 0 Å². The molecule has 0 saturated heterocycles. The van der Waals surface area contributed by atoms with Gasteiger partial charge in [-0.3, -0.25) is 9.78 Å². The highest BCUT2D eigenvalue weighted by molar-refractivity contribution is 5.99. The number of hydrazone groups is 1. The van der Waals surface area contributed by atoms with Gasteiger partial charge in [-0.2, -0.15) is 5.10 Å². The predicted octanol–water partition coefficient (Wildman–Crippen LogP) is 0.939. The van der Waals surface area contributed by atoms with E-state index in [2.05, 4.69) is 20.5 Å². The van der Waals surface area contributed by atoms with Gasteiger partial charge in [-0.15, -0.1) is 0 Å². The van der Waals surface area contributed by atoms with E-state index in [1.165, 1.54) is 30.9 Å². The van der Waals surface area contributed by atoms with Crippen LogP contribution in [0.5, 0.6) is 0 Å². The van der Waals surface area contributed by atoms with Gasteiger partial charge in [-0.1, -0.05) is 18.2 Å². The molecule has 0 unspecified atom stereocenters. The van der Waals surface area contributed by atoms with Crippen molar-refractivity contribution in [2.24, 2.45) is 5.10 Å². The molecule has 0 aliphatic heterocycles. The van der Waals surface area contributed by atoms with Crippen molar-refractivity contribution >= 4 is 18.1 Å². The van der Waals surface area contributed by atoms with E-state index in [-0.39, 0.29) is 11.3 Å². The zero-order valence-electron chi connectivity index (χ0n) is 10.2. The number of nitrogens with zero attached hydrogens (tertiary/aromatic N) is 3. The number of carbonyl (C=O) groups is 2. The minimum Gasteiger partial charge on any atom is -0.478 e. The molecule has 7 nitrogen and oxygen atoms in total. The molecular weight excluding hydrogens is 260 g/mol. The van der Waals surface area contributed by atoms with Crippen LogP contribution in [0, 0.1) is 0 Å². The summed E-state index contributed by atoms with van der Waals surface area (Å²) in [5, 5.41) is 12.7. The molecule has 100 valence electrons. The Labute approximate surface area is 114 Å². The summed E-state index contributed by atoms with van der Waals surface area (Å²) >= 11 is 0. The number of amides is 1. The van der Waals surface area contributed by atoms with Crippen LogP contribution in [0.15, 0.2) is 48.0 Å². The van der Waals surface area contributed by atoms with Crippen LogP contribution in [0.3, 0.4) is 0 Å². The first-order valence-corrected chi connectivity index (χ1v) is 5.60. The number of rotatable bonds is 4. The summed E-state index contributed by atoms with van der Waals surface area (Å²) in [7, 11) is 0. The minimum atomic E-state index is -1.06. The highest BCUT2D eigenvalue weighted by atomic mass is 16.4. The molecule has 0 bridgehead atoms. The van der Waals surface area contributed by atoms with Gasteiger partial charge in [0, 0.05) is 18.0 Å². The zero-order chi connectivity index (χ0) is 14.4. The van der Waals surface area contributed by atoms with Gasteiger partial charge in [0.1, 0.15) is 5.69 Å². The van der Waals surface area contributed by atoms with Crippen molar-refractivity contribution in [3.05, 3.63) is 59.7 Å². The Hall–Kier alpha value is -3.09. The Morgan fingerprint density at radius 2 is 2.05 bits per heavy atom. The van der Waals surface area contributed by atoms with Crippen molar-refractivity contribution in [1.29, 1.82) is 0 Å². The number of nitrogens with one attached hydrogen (secondary N) is 1. The quantitative estimate of drug-likeness (QED) is 0.635. The molecule has 0 aliphatic rings. The lowest BCUT2D eigenvalue weighted by Crippen LogP contribution is -2.19. The van der Waals surface area contributed by atoms with E-state index in [1.54, 1.807) is 18.2 Å². The molecule has 2 N–H and O–H groups in total. The summed E-state index contributed by atoms with van der Waals surface area (Å²) in [6.07, 6.45) is 5.40. The standard InChI is InChI=1S/C13H10N4O3/c18-12(11-8-14-5-6-15-11)17-16-7-9-3-1-2-4-10(9)13(19)20/h1-8H,(H,17,18)(H,19,20)/b16-7+. The SMILES string of the molecule is O=C(N/N=C/c1ccccc1C(=O)O)c1cnccn1. The first kappa shape index (κ1) is 13.3. The van der Waals surface area contributed by atoms with Gasteiger partial charge in [0.05, 0.1) is 18.0 Å². The molecule has 1 aromatic heterocycles. The largest absolute Gasteiger partial charge is 0.478 e. The Bertz CT molecular complexity index is 656. The summed E-state index contributed by atoms with van der Waals surface area (Å²) in [5.41, 5.74) is 2.86. The second kappa shape index (κ2) is 6.19. The third-order valence-electron chi connectivity index (χ3n) is 2.36. The number of aromatic carboxylic acids is 1. The average Bonchev–Trinajstić information content (AvgIpc) is 2.48. The Morgan fingerprint density at radius 1 is 1.25 bits per heavy atom. The normalized spacial score (nSPS) is 10.4. The molecular formula is C13H10N4O3. The number of carbonyl (C=O) groups excluding carboxylic acids is 1. The van der Waals surface area contributed by atoms with Crippen LogP contribution in [0.25, 0.3) is 0 Å². The first-order valence-electron chi connectivity index (χ1n) is 5.60. The van der Waals surface area contributed by atoms with E-state index in [0.29, 0.717) is 5.56 Å². The molecule has 1 heterocycles. The second-order valence-electron chi connectivity index (χ2n) is 3.68. The number of aromatic nitrogens is 2. The van der Waals surface area contributed by atoms with Crippen LogP contribution >= 0.6 is 0 Å². The molecule has 0 saturated carbocycles. The summed E-state index contributed by atoms with van der Waals surface area (Å²) in [4.78, 5) is 30.1. The van der Waals surface area contributed by atoms with Gasteiger partial charge in [0.25, 0.3) is 5.91 Å².